The van der Waals surface area contributed by atoms with E-state index < -0.39 is 24.1 Å². The minimum absolute atomic E-state index is 0.192. The number of rotatable bonds is 4. The molecule has 0 spiro atoms. The second-order valence-electron chi connectivity index (χ2n) is 4.16. The summed E-state index contributed by atoms with van der Waals surface area (Å²) in [6.45, 7) is 4.28. The molecule has 3 N–H and O–H groups in total. The van der Waals surface area contributed by atoms with Crippen molar-refractivity contribution in [1.82, 2.24) is 15.5 Å². The number of nitrogens with one attached hydrogen (secondary N) is 2. The lowest BCUT2D eigenvalue weighted by molar-refractivity contribution is -0.139. The number of carboxylic acids is 1. The fraction of sp³-hybridized carbons (Fsp3) is 0.727. The number of hydrogen-bond donors (Lipinski definition) is 3. The second kappa shape index (κ2) is 6.23. The zero-order chi connectivity index (χ0) is 13.7. The Kier molecular flexibility index (Phi) is 4.94. The summed E-state index contributed by atoms with van der Waals surface area (Å²) in [6, 6.07) is -1.93. The zero-order valence-electron chi connectivity index (χ0n) is 10.6. The predicted octanol–water partition coefficient (Wildman–Crippen LogP) is -0.230. The molecule has 1 aliphatic heterocycles. The summed E-state index contributed by atoms with van der Waals surface area (Å²) in [7, 11) is 0. The summed E-state index contributed by atoms with van der Waals surface area (Å²) < 4.78 is 0. The van der Waals surface area contributed by atoms with Crippen LogP contribution in [0.2, 0.25) is 0 Å². The van der Waals surface area contributed by atoms with Crippen LogP contribution in [-0.2, 0) is 9.59 Å². The van der Waals surface area contributed by atoms with Crippen LogP contribution in [0.15, 0.2) is 0 Å². The normalized spacial score (nSPS) is 21.1. The number of aliphatic carboxylic acids is 1. The lowest BCUT2D eigenvalue weighted by atomic mass is 10.1. The zero-order valence-corrected chi connectivity index (χ0v) is 10.6. The molecular weight excluding hydrogens is 238 g/mol. The van der Waals surface area contributed by atoms with Gasteiger partial charge in [-0.15, -0.1) is 0 Å². The Balaban J connectivity index is 2.69. The Morgan fingerprint density at radius 3 is 2.72 bits per heavy atom. The Morgan fingerprint density at radius 2 is 2.22 bits per heavy atom. The van der Waals surface area contributed by atoms with Crippen molar-refractivity contribution in [2.75, 3.05) is 13.1 Å². The average Bonchev–Trinajstić information content (AvgIpc) is 2.34. The average molecular weight is 257 g/mol. The van der Waals surface area contributed by atoms with E-state index in [2.05, 4.69) is 10.6 Å². The maximum absolute atomic E-state index is 12.0. The number of hydrogen-bond acceptors (Lipinski definition) is 3. The minimum Gasteiger partial charge on any atom is -0.480 e. The summed E-state index contributed by atoms with van der Waals surface area (Å²) in [5.41, 5.74) is 0. The predicted molar refractivity (Wildman–Crippen MR) is 64.0 cm³/mol. The van der Waals surface area contributed by atoms with Gasteiger partial charge in [0, 0.05) is 13.1 Å². The van der Waals surface area contributed by atoms with Crippen molar-refractivity contribution in [2.24, 2.45) is 0 Å². The fourth-order valence-corrected chi connectivity index (χ4v) is 1.93. The van der Waals surface area contributed by atoms with Gasteiger partial charge in [0.15, 0.2) is 0 Å². The third-order valence-electron chi connectivity index (χ3n) is 2.98. The van der Waals surface area contributed by atoms with Crippen LogP contribution in [0, 0.1) is 0 Å². The molecule has 0 aromatic rings. The molecule has 0 bridgehead atoms. The number of carbonyl (C=O) groups excluding carboxylic acids is 2. The Morgan fingerprint density at radius 1 is 1.56 bits per heavy atom. The van der Waals surface area contributed by atoms with Crippen LogP contribution in [-0.4, -0.2) is 53.1 Å². The molecule has 1 heterocycles. The molecule has 102 valence electrons. The molecule has 7 heteroatoms. The molecular formula is C11H19N3O4. The van der Waals surface area contributed by atoms with E-state index in [1.54, 1.807) is 6.92 Å². The Bertz CT molecular complexity index is 345. The molecule has 1 fully saturated rings. The van der Waals surface area contributed by atoms with E-state index in [1.165, 1.54) is 4.90 Å². The minimum atomic E-state index is -1.07. The quantitative estimate of drug-likeness (QED) is 0.647. The van der Waals surface area contributed by atoms with Crippen molar-refractivity contribution >= 4 is 17.9 Å². The van der Waals surface area contributed by atoms with Gasteiger partial charge in [0.1, 0.15) is 12.1 Å². The molecule has 1 rings (SSSR count). The number of carbonyl (C=O) groups is 3. The summed E-state index contributed by atoms with van der Waals surface area (Å²) in [5.74, 6) is -1.26. The molecule has 7 nitrogen and oxygen atoms in total. The molecule has 1 saturated heterocycles. The number of amides is 3. The van der Waals surface area contributed by atoms with Gasteiger partial charge in [-0.25, -0.2) is 9.59 Å². The van der Waals surface area contributed by atoms with E-state index in [0.29, 0.717) is 25.9 Å². The van der Waals surface area contributed by atoms with E-state index in [-0.39, 0.29) is 5.91 Å². The van der Waals surface area contributed by atoms with Crippen LogP contribution in [0.4, 0.5) is 4.79 Å². The number of nitrogens with zero attached hydrogens (tertiary/aromatic N) is 1. The monoisotopic (exact) mass is 257 g/mol. The van der Waals surface area contributed by atoms with Gasteiger partial charge >= 0.3 is 12.0 Å². The third-order valence-corrected chi connectivity index (χ3v) is 2.98. The molecule has 0 radical (unpaired) electrons. The second-order valence-corrected chi connectivity index (χ2v) is 4.16. The van der Waals surface area contributed by atoms with E-state index in [1.807, 2.05) is 6.92 Å². The molecule has 2 atom stereocenters. The number of urea groups is 1. The summed E-state index contributed by atoms with van der Waals surface area (Å²) >= 11 is 0. The highest BCUT2D eigenvalue weighted by Crippen LogP contribution is 2.09. The maximum Gasteiger partial charge on any atom is 0.326 e. The Hall–Kier alpha value is -1.79. The number of piperazine rings is 1. The smallest absolute Gasteiger partial charge is 0.326 e. The highest BCUT2D eigenvalue weighted by Gasteiger charge is 2.33. The SMILES string of the molecule is CCC1C(=O)NCCN1C(=O)N[C@@H](CC)C(=O)O. The van der Waals surface area contributed by atoms with Gasteiger partial charge in [0.25, 0.3) is 0 Å². The summed E-state index contributed by atoms with van der Waals surface area (Å²) in [4.78, 5) is 35.8. The summed E-state index contributed by atoms with van der Waals surface area (Å²) in [6.07, 6.45) is 0.807. The van der Waals surface area contributed by atoms with Crippen molar-refractivity contribution in [3.63, 3.8) is 0 Å². The van der Waals surface area contributed by atoms with Gasteiger partial charge in [-0.05, 0) is 12.8 Å². The largest absolute Gasteiger partial charge is 0.480 e. The van der Waals surface area contributed by atoms with Gasteiger partial charge in [-0.3, -0.25) is 4.79 Å². The van der Waals surface area contributed by atoms with Gasteiger partial charge in [0.05, 0.1) is 0 Å². The van der Waals surface area contributed by atoms with Crippen molar-refractivity contribution in [3.8, 4) is 0 Å². The first-order chi connectivity index (χ1) is 8.51. The van der Waals surface area contributed by atoms with Crippen molar-refractivity contribution in [2.45, 2.75) is 38.8 Å². The maximum atomic E-state index is 12.0. The standard InChI is InChI=1S/C11H19N3O4/c1-3-7(10(16)17)13-11(18)14-6-5-12-9(15)8(14)4-2/h7-8H,3-6H2,1-2H3,(H,12,15)(H,13,18)(H,16,17)/t7-,8?/m0/s1. The first-order valence-corrected chi connectivity index (χ1v) is 6.08. The third kappa shape index (κ3) is 3.12. The van der Waals surface area contributed by atoms with Crippen molar-refractivity contribution in [3.05, 3.63) is 0 Å². The van der Waals surface area contributed by atoms with E-state index in [9.17, 15) is 14.4 Å². The van der Waals surface area contributed by atoms with Crippen molar-refractivity contribution in [1.29, 1.82) is 0 Å². The fourth-order valence-electron chi connectivity index (χ4n) is 1.93. The molecule has 1 unspecified atom stereocenters. The van der Waals surface area contributed by atoms with Crippen LogP contribution in [0.1, 0.15) is 26.7 Å². The van der Waals surface area contributed by atoms with Crippen molar-refractivity contribution < 1.29 is 19.5 Å². The highest BCUT2D eigenvalue weighted by atomic mass is 16.4. The molecule has 0 saturated carbocycles. The van der Waals surface area contributed by atoms with Gasteiger partial charge < -0.3 is 20.6 Å². The van der Waals surface area contributed by atoms with Crippen LogP contribution < -0.4 is 10.6 Å². The van der Waals surface area contributed by atoms with Gasteiger partial charge in [-0.1, -0.05) is 13.8 Å². The first kappa shape index (κ1) is 14.3. The van der Waals surface area contributed by atoms with E-state index in [0.717, 1.165) is 0 Å². The first-order valence-electron chi connectivity index (χ1n) is 6.08. The van der Waals surface area contributed by atoms with Gasteiger partial charge in [-0.2, -0.15) is 0 Å². The Labute approximate surface area is 106 Å². The lowest BCUT2D eigenvalue weighted by Crippen LogP contribution is -2.60. The molecule has 3 amide bonds. The molecule has 0 aromatic heterocycles. The number of carboxylic acid groups (broad SMARTS) is 1. The molecule has 1 aliphatic rings. The molecule has 0 aromatic carbocycles. The topological polar surface area (TPSA) is 98.7 Å². The lowest BCUT2D eigenvalue weighted by Gasteiger charge is -2.35. The van der Waals surface area contributed by atoms with Gasteiger partial charge in [0.2, 0.25) is 5.91 Å². The van der Waals surface area contributed by atoms with Crippen LogP contribution >= 0.6 is 0 Å². The highest BCUT2D eigenvalue weighted by molar-refractivity contribution is 5.89. The van der Waals surface area contributed by atoms with Crippen LogP contribution in [0.3, 0.4) is 0 Å². The van der Waals surface area contributed by atoms with Crippen LogP contribution in [0.25, 0.3) is 0 Å². The molecule has 0 aliphatic carbocycles. The van der Waals surface area contributed by atoms with E-state index in [4.69, 9.17) is 5.11 Å². The van der Waals surface area contributed by atoms with E-state index >= 15 is 0 Å². The summed E-state index contributed by atoms with van der Waals surface area (Å²) in [5, 5.41) is 14.0. The van der Waals surface area contributed by atoms with Crippen LogP contribution in [0.5, 0.6) is 0 Å². The molecule has 18 heavy (non-hydrogen) atoms.